The average Bonchev–Trinajstić information content (AvgIpc) is 2.57. The van der Waals surface area contributed by atoms with Crippen molar-refractivity contribution in [1.82, 2.24) is 4.90 Å². The van der Waals surface area contributed by atoms with Gasteiger partial charge in [0.05, 0.1) is 5.69 Å². The molecule has 1 heterocycles. The summed E-state index contributed by atoms with van der Waals surface area (Å²) in [6.45, 7) is 8.90. The van der Waals surface area contributed by atoms with E-state index < -0.39 is 0 Å². The van der Waals surface area contributed by atoms with Crippen LogP contribution in [0.2, 0.25) is 0 Å². The van der Waals surface area contributed by atoms with Crippen LogP contribution in [0.15, 0.2) is 41.4 Å². The van der Waals surface area contributed by atoms with Gasteiger partial charge in [-0.2, -0.15) is 0 Å². The highest BCUT2D eigenvalue weighted by Crippen LogP contribution is 2.27. The highest BCUT2D eigenvalue weighted by atomic mass is 32.2. The van der Waals surface area contributed by atoms with Gasteiger partial charge in [0, 0.05) is 17.9 Å². The molecule has 0 N–H and O–H groups in total. The fourth-order valence-electron chi connectivity index (χ4n) is 3.04. The monoisotopic (exact) mass is 352 g/mol. The molecule has 1 aliphatic rings. The molecule has 2 aromatic rings. The Balaban J connectivity index is 1.96. The molecule has 1 fully saturated rings. The normalized spacial score (nSPS) is 16.3. The summed E-state index contributed by atoms with van der Waals surface area (Å²) in [5.41, 5.74) is 6.22. The third-order valence-corrected chi connectivity index (χ3v) is 5.35. The zero-order valence-electron chi connectivity index (χ0n) is 15.3. The number of benzene rings is 2. The molecular formula is C21H24N2OS. The Kier molecular flexibility index (Phi) is 5.28. The number of hydrogen-bond acceptors (Lipinski definition) is 3. The van der Waals surface area contributed by atoms with Gasteiger partial charge in [-0.15, -0.1) is 0 Å². The maximum absolute atomic E-state index is 13.1. The first-order valence-electron chi connectivity index (χ1n) is 8.63. The summed E-state index contributed by atoms with van der Waals surface area (Å²) in [6.07, 6.45) is 0.993. The van der Waals surface area contributed by atoms with Crippen LogP contribution in [0, 0.1) is 27.7 Å². The van der Waals surface area contributed by atoms with Crippen LogP contribution in [0.4, 0.5) is 5.69 Å². The molecule has 0 atom stereocenters. The molecule has 2 aromatic carbocycles. The van der Waals surface area contributed by atoms with Gasteiger partial charge in [-0.25, -0.2) is 4.99 Å². The Morgan fingerprint density at radius 1 is 1.00 bits per heavy atom. The number of nitrogens with zero attached hydrogens (tertiary/aromatic N) is 2. The van der Waals surface area contributed by atoms with E-state index in [1.165, 1.54) is 5.56 Å². The fourth-order valence-corrected chi connectivity index (χ4v) is 3.99. The second-order valence-electron chi connectivity index (χ2n) is 6.72. The minimum atomic E-state index is 0.0445. The average molecular weight is 353 g/mol. The zero-order valence-corrected chi connectivity index (χ0v) is 16.1. The van der Waals surface area contributed by atoms with Crippen molar-refractivity contribution in [2.75, 3.05) is 12.3 Å². The van der Waals surface area contributed by atoms with E-state index in [1.54, 1.807) is 11.8 Å². The standard InChI is InChI=1S/C21H24N2OS/c1-14-6-7-17(4)19(13-14)22-21-23(8-5-9-25-21)20(24)18-11-15(2)10-16(3)12-18/h6-7,10-13H,5,8-9H2,1-4H3. The highest BCUT2D eigenvalue weighted by Gasteiger charge is 2.25. The molecule has 0 aromatic heterocycles. The lowest BCUT2D eigenvalue weighted by Crippen LogP contribution is -2.39. The topological polar surface area (TPSA) is 32.7 Å². The summed E-state index contributed by atoms with van der Waals surface area (Å²) in [5, 5.41) is 0.809. The molecule has 1 amide bonds. The predicted molar refractivity (Wildman–Crippen MR) is 107 cm³/mol. The molecule has 0 radical (unpaired) electrons. The summed E-state index contributed by atoms with van der Waals surface area (Å²) in [6, 6.07) is 12.3. The Labute approximate surface area is 154 Å². The zero-order chi connectivity index (χ0) is 18.0. The number of carbonyl (C=O) groups is 1. The van der Waals surface area contributed by atoms with Crippen LogP contribution in [0.25, 0.3) is 0 Å². The Bertz CT molecular complexity index is 822. The van der Waals surface area contributed by atoms with Crippen LogP contribution in [0.3, 0.4) is 0 Å². The predicted octanol–water partition coefficient (Wildman–Crippen LogP) is 5.19. The van der Waals surface area contributed by atoms with Gasteiger partial charge in [-0.1, -0.05) is 41.1 Å². The lowest BCUT2D eigenvalue weighted by Gasteiger charge is -2.28. The van der Waals surface area contributed by atoms with Gasteiger partial charge in [0.2, 0.25) is 0 Å². The quantitative estimate of drug-likeness (QED) is 0.745. The molecular weight excluding hydrogens is 328 g/mol. The van der Waals surface area contributed by atoms with Gasteiger partial charge in [0.15, 0.2) is 5.17 Å². The van der Waals surface area contributed by atoms with E-state index in [-0.39, 0.29) is 5.91 Å². The van der Waals surface area contributed by atoms with Crippen LogP contribution in [0.1, 0.15) is 39.0 Å². The lowest BCUT2D eigenvalue weighted by atomic mass is 10.1. The van der Waals surface area contributed by atoms with Crippen molar-refractivity contribution < 1.29 is 4.79 Å². The van der Waals surface area contributed by atoms with E-state index in [0.717, 1.165) is 51.8 Å². The first-order chi connectivity index (χ1) is 11.9. The van der Waals surface area contributed by atoms with E-state index in [9.17, 15) is 4.79 Å². The number of amidine groups is 1. The SMILES string of the molecule is Cc1cc(C)cc(C(=O)N2CCCSC2=Nc2cc(C)ccc2C)c1. The van der Waals surface area contributed by atoms with Gasteiger partial charge in [-0.05, 0) is 63.4 Å². The number of hydrogen-bond donors (Lipinski definition) is 0. The van der Waals surface area contributed by atoms with E-state index >= 15 is 0 Å². The number of aliphatic imine (C=N–C) groups is 1. The van der Waals surface area contributed by atoms with Crippen LogP contribution in [0.5, 0.6) is 0 Å². The van der Waals surface area contributed by atoms with Crippen LogP contribution >= 0.6 is 11.8 Å². The minimum absolute atomic E-state index is 0.0445. The molecule has 0 aliphatic carbocycles. The molecule has 25 heavy (non-hydrogen) atoms. The third kappa shape index (κ3) is 4.13. The Morgan fingerprint density at radius 3 is 2.44 bits per heavy atom. The number of carbonyl (C=O) groups excluding carboxylic acids is 1. The first-order valence-corrected chi connectivity index (χ1v) is 9.61. The van der Waals surface area contributed by atoms with Crippen LogP contribution in [-0.4, -0.2) is 28.3 Å². The first kappa shape index (κ1) is 17.7. The van der Waals surface area contributed by atoms with Crippen molar-refractivity contribution in [1.29, 1.82) is 0 Å². The van der Waals surface area contributed by atoms with E-state index in [1.807, 2.05) is 30.9 Å². The Morgan fingerprint density at radius 2 is 1.72 bits per heavy atom. The molecule has 0 unspecified atom stereocenters. The van der Waals surface area contributed by atoms with Crippen molar-refractivity contribution in [3.63, 3.8) is 0 Å². The van der Waals surface area contributed by atoms with Crippen LogP contribution < -0.4 is 0 Å². The maximum atomic E-state index is 13.1. The summed E-state index contributed by atoms with van der Waals surface area (Å²) >= 11 is 1.67. The van der Waals surface area contributed by atoms with Crippen LogP contribution in [-0.2, 0) is 0 Å². The lowest BCUT2D eigenvalue weighted by molar-refractivity contribution is 0.0849. The molecule has 3 nitrogen and oxygen atoms in total. The number of thioether (sulfide) groups is 1. The summed E-state index contributed by atoms with van der Waals surface area (Å²) < 4.78 is 0. The van der Waals surface area contributed by atoms with E-state index in [2.05, 4.69) is 38.1 Å². The summed E-state index contributed by atoms with van der Waals surface area (Å²) in [7, 11) is 0. The van der Waals surface area contributed by atoms with Crippen molar-refractivity contribution >= 4 is 28.5 Å². The van der Waals surface area contributed by atoms with Crippen molar-refractivity contribution in [2.45, 2.75) is 34.1 Å². The fraction of sp³-hybridized carbons (Fsp3) is 0.333. The van der Waals surface area contributed by atoms with Crippen molar-refractivity contribution in [2.24, 2.45) is 4.99 Å². The Hall–Kier alpha value is -2.07. The molecule has 0 saturated carbocycles. The van der Waals surface area contributed by atoms with E-state index in [0.29, 0.717) is 0 Å². The molecule has 1 aliphatic heterocycles. The second-order valence-corrected chi connectivity index (χ2v) is 7.78. The largest absolute Gasteiger partial charge is 0.287 e. The molecule has 0 bridgehead atoms. The molecule has 3 rings (SSSR count). The smallest absolute Gasteiger partial charge is 0.259 e. The summed E-state index contributed by atoms with van der Waals surface area (Å²) in [4.78, 5) is 19.8. The maximum Gasteiger partial charge on any atom is 0.259 e. The molecule has 1 saturated heterocycles. The van der Waals surface area contributed by atoms with Gasteiger partial charge < -0.3 is 0 Å². The highest BCUT2D eigenvalue weighted by molar-refractivity contribution is 8.13. The minimum Gasteiger partial charge on any atom is -0.287 e. The number of rotatable bonds is 2. The molecule has 4 heteroatoms. The van der Waals surface area contributed by atoms with E-state index in [4.69, 9.17) is 4.99 Å². The molecule has 130 valence electrons. The summed E-state index contributed by atoms with van der Waals surface area (Å²) in [5.74, 6) is 1.04. The van der Waals surface area contributed by atoms with Gasteiger partial charge in [0.25, 0.3) is 5.91 Å². The third-order valence-electron chi connectivity index (χ3n) is 4.28. The number of amides is 1. The van der Waals surface area contributed by atoms with Crippen molar-refractivity contribution in [3.8, 4) is 0 Å². The van der Waals surface area contributed by atoms with Gasteiger partial charge in [0.1, 0.15) is 0 Å². The van der Waals surface area contributed by atoms with Gasteiger partial charge >= 0.3 is 0 Å². The van der Waals surface area contributed by atoms with Crippen molar-refractivity contribution in [3.05, 3.63) is 64.2 Å². The second kappa shape index (κ2) is 7.44. The van der Waals surface area contributed by atoms with Gasteiger partial charge in [-0.3, -0.25) is 9.69 Å². The number of aryl methyl sites for hydroxylation is 4. The molecule has 0 spiro atoms.